The lowest BCUT2D eigenvalue weighted by Gasteiger charge is -2.14. The highest BCUT2D eigenvalue weighted by atomic mass is 19.3. The predicted molar refractivity (Wildman–Crippen MR) is 60.6 cm³/mol. The molecule has 1 N–H and O–H groups in total. The number of hydrogen-bond acceptors (Lipinski definition) is 2. The van der Waals surface area contributed by atoms with E-state index in [-0.39, 0.29) is 5.56 Å². The van der Waals surface area contributed by atoms with Crippen molar-refractivity contribution in [3.63, 3.8) is 0 Å². The van der Waals surface area contributed by atoms with E-state index in [1.54, 1.807) is 24.3 Å². The van der Waals surface area contributed by atoms with Gasteiger partial charge in [0.2, 0.25) is 0 Å². The Balaban J connectivity index is 2.30. The Kier molecular flexibility index (Phi) is 2.00. The van der Waals surface area contributed by atoms with E-state index in [2.05, 4.69) is 4.98 Å². The summed E-state index contributed by atoms with van der Waals surface area (Å²) in [7, 11) is 0. The summed E-state index contributed by atoms with van der Waals surface area (Å²) >= 11 is 0. The molecule has 0 saturated heterocycles. The Bertz CT molecular complexity index is 651. The monoisotopic (exact) mass is 249 g/mol. The highest BCUT2D eigenvalue weighted by Gasteiger charge is 2.77. The van der Waals surface area contributed by atoms with Gasteiger partial charge in [-0.1, -0.05) is 18.2 Å². The van der Waals surface area contributed by atoms with Crippen LogP contribution in [0.3, 0.4) is 0 Å². The summed E-state index contributed by atoms with van der Waals surface area (Å²) in [6.45, 7) is 0. The Morgan fingerprint density at radius 1 is 1.28 bits per heavy atom. The molecule has 3 rings (SSSR count). The van der Waals surface area contributed by atoms with Crippen LogP contribution in [0.4, 0.5) is 8.78 Å². The molecule has 2 aromatic rings. The summed E-state index contributed by atoms with van der Waals surface area (Å²) in [5.41, 5.74) is -1.42. The van der Waals surface area contributed by atoms with Gasteiger partial charge < -0.3 is 5.11 Å². The Morgan fingerprint density at radius 2 is 1.94 bits per heavy atom. The third-order valence-corrected chi connectivity index (χ3v) is 3.46. The van der Waals surface area contributed by atoms with E-state index >= 15 is 0 Å². The lowest BCUT2D eigenvalue weighted by Crippen LogP contribution is -2.27. The number of halogens is 2. The number of carboxylic acids is 1. The van der Waals surface area contributed by atoms with Crippen molar-refractivity contribution in [3.8, 4) is 0 Å². The zero-order chi connectivity index (χ0) is 13.0. The molecular weight excluding hydrogens is 240 g/mol. The maximum Gasteiger partial charge on any atom is 0.320 e. The van der Waals surface area contributed by atoms with Gasteiger partial charge in [-0.2, -0.15) is 0 Å². The van der Waals surface area contributed by atoms with E-state index in [0.717, 1.165) is 0 Å². The number of alkyl halides is 2. The molecule has 18 heavy (non-hydrogen) atoms. The molecule has 0 spiro atoms. The van der Waals surface area contributed by atoms with E-state index in [1.807, 2.05) is 0 Å². The summed E-state index contributed by atoms with van der Waals surface area (Å²) in [6.07, 6.45) is 0.722. The number of carbonyl (C=O) groups is 1. The number of fused-ring (bicyclic) bond motifs is 1. The molecule has 0 aliphatic heterocycles. The summed E-state index contributed by atoms with van der Waals surface area (Å²) in [4.78, 5) is 15.3. The average Bonchev–Trinajstić information content (AvgIpc) is 2.93. The molecule has 3 nitrogen and oxygen atoms in total. The van der Waals surface area contributed by atoms with Gasteiger partial charge in [0.15, 0.2) is 5.41 Å². The fourth-order valence-electron chi connectivity index (χ4n) is 2.40. The van der Waals surface area contributed by atoms with Crippen LogP contribution in [0.1, 0.15) is 12.0 Å². The van der Waals surface area contributed by atoms with E-state index < -0.39 is 23.7 Å². The molecule has 0 radical (unpaired) electrons. The molecular formula is C13H9F2NO2. The molecule has 92 valence electrons. The first-order valence-electron chi connectivity index (χ1n) is 5.44. The third-order valence-electron chi connectivity index (χ3n) is 3.46. The van der Waals surface area contributed by atoms with Gasteiger partial charge in [-0.05, 0) is 17.7 Å². The standard InChI is InChI=1S/C13H9F2NO2/c14-13(15)7-12(13,11(17)18)9-5-6-16-10-4-2-1-3-8(9)10/h1-6H,7H2,(H,17,18). The van der Waals surface area contributed by atoms with Crippen molar-refractivity contribution < 1.29 is 18.7 Å². The van der Waals surface area contributed by atoms with Crippen LogP contribution in [0.2, 0.25) is 0 Å². The van der Waals surface area contributed by atoms with E-state index in [9.17, 15) is 13.6 Å². The Hall–Kier alpha value is -2.04. The van der Waals surface area contributed by atoms with Crippen LogP contribution in [0.5, 0.6) is 0 Å². The normalized spacial score (nSPS) is 25.0. The molecule has 1 unspecified atom stereocenters. The quantitative estimate of drug-likeness (QED) is 0.890. The SMILES string of the molecule is O=C(O)C1(c2ccnc3ccccc23)CC1(F)F. The van der Waals surface area contributed by atoms with Gasteiger partial charge in [0.1, 0.15) is 0 Å². The maximum atomic E-state index is 13.5. The van der Waals surface area contributed by atoms with E-state index in [1.165, 1.54) is 12.3 Å². The second kappa shape index (κ2) is 3.25. The molecule has 1 aliphatic carbocycles. The lowest BCUT2D eigenvalue weighted by atomic mass is 9.92. The predicted octanol–water partition coefficient (Wildman–Crippen LogP) is 2.60. The summed E-state index contributed by atoms with van der Waals surface area (Å²) < 4.78 is 27.0. The van der Waals surface area contributed by atoms with Gasteiger partial charge in [-0.25, -0.2) is 8.78 Å². The summed E-state index contributed by atoms with van der Waals surface area (Å²) in [5, 5.41) is 9.62. The molecule has 1 aromatic carbocycles. The number of hydrogen-bond donors (Lipinski definition) is 1. The number of para-hydroxylation sites is 1. The molecule has 1 atom stereocenters. The largest absolute Gasteiger partial charge is 0.480 e. The van der Waals surface area contributed by atoms with Crippen LogP contribution in [-0.4, -0.2) is 22.0 Å². The fourth-order valence-corrected chi connectivity index (χ4v) is 2.40. The third kappa shape index (κ3) is 1.21. The first kappa shape index (κ1) is 11.1. The number of pyridine rings is 1. The van der Waals surface area contributed by atoms with Gasteiger partial charge in [0.25, 0.3) is 5.92 Å². The van der Waals surface area contributed by atoms with Crippen molar-refractivity contribution in [2.45, 2.75) is 17.8 Å². The van der Waals surface area contributed by atoms with Gasteiger partial charge in [-0.15, -0.1) is 0 Å². The zero-order valence-corrected chi connectivity index (χ0v) is 9.23. The summed E-state index contributed by atoms with van der Waals surface area (Å²) in [5.74, 6) is -4.67. The van der Waals surface area contributed by atoms with Crippen molar-refractivity contribution in [2.75, 3.05) is 0 Å². The minimum Gasteiger partial charge on any atom is -0.480 e. The highest BCUT2D eigenvalue weighted by molar-refractivity contribution is 5.95. The highest BCUT2D eigenvalue weighted by Crippen LogP contribution is 2.62. The molecule has 1 aliphatic rings. The molecule has 1 saturated carbocycles. The number of benzene rings is 1. The van der Waals surface area contributed by atoms with Crippen LogP contribution in [-0.2, 0) is 10.2 Å². The van der Waals surface area contributed by atoms with Crippen LogP contribution >= 0.6 is 0 Å². The molecule has 1 aromatic heterocycles. The van der Waals surface area contributed by atoms with Gasteiger partial charge in [0.05, 0.1) is 5.52 Å². The number of aromatic nitrogens is 1. The van der Waals surface area contributed by atoms with Crippen molar-refractivity contribution >= 4 is 16.9 Å². The van der Waals surface area contributed by atoms with Crippen LogP contribution in [0.25, 0.3) is 10.9 Å². The Morgan fingerprint density at radius 3 is 2.56 bits per heavy atom. The smallest absolute Gasteiger partial charge is 0.320 e. The first-order chi connectivity index (χ1) is 8.49. The molecule has 0 amide bonds. The molecule has 1 heterocycles. The van der Waals surface area contributed by atoms with Crippen molar-refractivity contribution in [1.29, 1.82) is 0 Å². The van der Waals surface area contributed by atoms with Gasteiger partial charge in [-0.3, -0.25) is 9.78 Å². The first-order valence-corrected chi connectivity index (χ1v) is 5.44. The molecule has 0 bridgehead atoms. The zero-order valence-electron chi connectivity index (χ0n) is 9.23. The second-order valence-electron chi connectivity index (χ2n) is 4.47. The maximum absolute atomic E-state index is 13.5. The van der Waals surface area contributed by atoms with Gasteiger partial charge >= 0.3 is 5.97 Å². The van der Waals surface area contributed by atoms with Crippen molar-refractivity contribution in [1.82, 2.24) is 4.98 Å². The number of nitrogens with zero attached hydrogens (tertiary/aromatic N) is 1. The van der Waals surface area contributed by atoms with Crippen LogP contribution in [0.15, 0.2) is 36.5 Å². The van der Waals surface area contributed by atoms with Crippen molar-refractivity contribution in [2.24, 2.45) is 0 Å². The van der Waals surface area contributed by atoms with E-state index in [4.69, 9.17) is 5.11 Å². The minimum atomic E-state index is -3.19. The van der Waals surface area contributed by atoms with E-state index in [0.29, 0.717) is 10.9 Å². The fraction of sp³-hybridized carbons (Fsp3) is 0.231. The number of carboxylic acid groups (broad SMARTS) is 1. The van der Waals surface area contributed by atoms with Crippen molar-refractivity contribution in [3.05, 3.63) is 42.1 Å². The average molecular weight is 249 g/mol. The Labute approximate surface area is 101 Å². The van der Waals surface area contributed by atoms with Crippen LogP contribution < -0.4 is 0 Å². The van der Waals surface area contributed by atoms with Crippen LogP contribution in [0, 0.1) is 0 Å². The molecule has 5 heteroatoms. The topological polar surface area (TPSA) is 50.2 Å². The minimum absolute atomic E-state index is 0.144. The number of aliphatic carboxylic acids is 1. The lowest BCUT2D eigenvalue weighted by molar-refractivity contribution is -0.142. The molecule has 1 fully saturated rings. The number of rotatable bonds is 2. The van der Waals surface area contributed by atoms with Gasteiger partial charge in [0, 0.05) is 18.0 Å². The second-order valence-corrected chi connectivity index (χ2v) is 4.47. The summed E-state index contributed by atoms with van der Waals surface area (Å²) in [6, 6.07) is 8.09.